The Morgan fingerprint density at radius 2 is 2.00 bits per heavy atom. The molecule has 0 fully saturated rings. The lowest BCUT2D eigenvalue weighted by atomic mass is 10.3. The molecule has 0 aliphatic heterocycles. The lowest BCUT2D eigenvalue weighted by Gasteiger charge is -2.09. The van der Waals surface area contributed by atoms with E-state index < -0.39 is 0 Å². The van der Waals surface area contributed by atoms with Crippen LogP contribution in [0, 0.1) is 12.3 Å². The molecular weight excluding hydrogens is 346 g/mol. The molecule has 0 unspecified atom stereocenters. The molecule has 0 spiro atoms. The van der Waals surface area contributed by atoms with Gasteiger partial charge in [0.2, 0.25) is 11.9 Å². The summed E-state index contributed by atoms with van der Waals surface area (Å²) in [6, 6.07) is 7.23. The number of amides is 1. The first-order valence-electron chi connectivity index (χ1n) is 6.43. The van der Waals surface area contributed by atoms with Crippen LogP contribution in [0.15, 0.2) is 34.9 Å². The van der Waals surface area contributed by atoms with Crippen molar-refractivity contribution in [1.82, 2.24) is 9.97 Å². The molecule has 7 heteroatoms. The van der Waals surface area contributed by atoms with E-state index in [1.54, 1.807) is 18.3 Å². The zero-order valence-corrected chi connectivity index (χ0v) is 13.4. The first kappa shape index (κ1) is 15.8. The molecule has 2 rings (SSSR count). The average molecular weight is 360 g/mol. The molecule has 1 amide bonds. The van der Waals surface area contributed by atoms with E-state index in [-0.39, 0.29) is 5.91 Å². The van der Waals surface area contributed by atoms with Crippen molar-refractivity contribution in [3.63, 3.8) is 0 Å². The monoisotopic (exact) mass is 359 g/mol. The third-order valence-corrected chi connectivity index (χ3v) is 3.14. The van der Waals surface area contributed by atoms with Gasteiger partial charge in [-0.2, -0.15) is 4.98 Å². The lowest BCUT2D eigenvalue weighted by molar-refractivity contribution is -0.114. The Morgan fingerprint density at radius 1 is 1.32 bits per heavy atom. The molecule has 22 heavy (non-hydrogen) atoms. The molecule has 0 atom stereocenters. The molecule has 1 heterocycles. The van der Waals surface area contributed by atoms with Crippen molar-refractivity contribution in [2.24, 2.45) is 0 Å². The summed E-state index contributed by atoms with van der Waals surface area (Å²) in [7, 11) is 0. The number of hydrogen-bond donors (Lipinski definition) is 3. The third kappa shape index (κ3) is 4.46. The van der Waals surface area contributed by atoms with Crippen molar-refractivity contribution in [1.29, 1.82) is 0 Å². The molecule has 112 valence electrons. The zero-order valence-electron chi connectivity index (χ0n) is 11.9. The smallest absolute Gasteiger partial charge is 0.229 e. The Hall–Kier alpha value is -2.59. The fourth-order valence-corrected chi connectivity index (χ4v) is 1.99. The highest BCUT2D eigenvalue weighted by molar-refractivity contribution is 9.10. The highest BCUT2D eigenvalue weighted by atomic mass is 79.9. The zero-order chi connectivity index (χ0) is 15.9. The Labute approximate surface area is 136 Å². The van der Waals surface area contributed by atoms with Gasteiger partial charge < -0.3 is 16.0 Å². The van der Waals surface area contributed by atoms with E-state index in [9.17, 15) is 4.79 Å². The van der Waals surface area contributed by atoms with E-state index in [1.807, 2.05) is 12.1 Å². The summed E-state index contributed by atoms with van der Waals surface area (Å²) in [5.41, 5.74) is 1.53. The van der Waals surface area contributed by atoms with Crippen LogP contribution in [0.2, 0.25) is 0 Å². The SMILES string of the molecule is C#CCNc1nc(Nc2ccc(NC(C)=O)cc2)ncc1Br. The predicted molar refractivity (Wildman–Crippen MR) is 91.1 cm³/mol. The van der Waals surface area contributed by atoms with Crippen molar-refractivity contribution < 1.29 is 4.79 Å². The summed E-state index contributed by atoms with van der Waals surface area (Å²) in [6.45, 7) is 1.84. The van der Waals surface area contributed by atoms with Crippen LogP contribution in [0.25, 0.3) is 0 Å². The number of halogens is 1. The minimum Gasteiger partial charge on any atom is -0.358 e. The molecule has 0 bridgehead atoms. The maximum Gasteiger partial charge on any atom is 0.229 e. The van der Waals surface area contributed by atoms with E-state index in [0.29, 0.717) is 18.3 Å². The highest BCUT2D eigenvalue weighted by Gasteiger charge is 2.05. The van der Waals surface area contributed by atoms with Gasteiger partial charge in [0.25, 0.3) is 0 Å². The standard InChI is InChI=1S/C15H14BrN5O/c1-3-8-17-14-13(16)9-18-15(21-14)20-12-6-4-11(5-7-12)19-10(2)22/h1,4-7,9H,8H2,2H3,(H,19,22)(H2,17,18,20,21). The Bertz CT molecular complexity index is 709. The van der Waals surface area contributed by atoms with Crippen LogP contribution in [0.3, 0.4) is 0 Å². The number of anilines is 4. The van der Waals surface area contributed by atoms with Crippen LogP contribution in [-0.4, -0.2) is 22.4 Å². The van der Waals surface area contributed by atoms with Gasteiger partial charge in [0.15, 0.2) is 0 Å². The van der Waals surface area contributed by atoms with E-state index in [1.165, 1.54) is 6.92 Å². The summed E-state index contributed by atoms with van der Waals surface area (Å²) in [6.07, 6.45) is 6.86. The fraction of sp³-hybridized carbons (Fsp3) is 0.133. The first-order valence-corrected chi connectivity index (χ1v) is 7.22. The molecule has 0 saturated carbocycles. The summed E-state index contributed by atoms with van der Waals surface area (Å²) in [5, 5.41) is 8.78. The Kier molecular flexibility index (Phi) is 5.33. The van der Waals surface area contributed by atoms with Crippen molar-refractivity contribution >= 4 is 45.0 Å². The van der Waals surface area contributed by atoms with Crippen LogP contribution in [0.4, 0.5) is 23.1 Å². The fourth-order valence-electron chi connectivity index (χ4n) is 1.66. The Morgan fingerprint density at radius 3 is 2.64 bits per heavy atom. The van der Waals surface area contributed by atoms with E-state index in [0.717, 1.165) is 15.8 Å². The van der Waals surface area contributed by atoms with Crippen LogP contribution in [0.1, 0.15) is 6.92 Å². The van der Waals surface area contributed by atoms with Gasteiger partial charge in [0.1, 0.15) is 5.82 Å². The Balaban J connectivity index is 2.10. The minimum absolute atomic E-state index is 0.110. The minimum atomic E-state index is -0.110. The summed E-state index contributed by atoms with van der Waals surface area (Å²) in [5.74, 6) is 3.43. The first-order chi connectivity index (χ1) is 10.6. The molecular formula is C15H14BrN5O. The molecule has 0 aliphatic rings. The molecule has 0 radical (unpaired) electrons. The van der Waals surface area contributed by atoms with Crippen LogP contribution in [0.5, 0.6) is 0 Å². The lowest BCUT2D eigenvalue weighted by Crippen LogP contribution is -2.06. The molecule has 0 saturated heterocycles. The largest absolute Gasteiger partial charge is 0.358 e. The number of terminal acetylenes is 1. The normalized spacial score (nSPS) is 9.68. The number of rotatable bonds is 5. The number of benzene rings is 1. The number of nitrogens with one attached hydrogen (secondary N) is 3. The number of nitrogens with zero attached hydrogens (tertiary/aromatic N) is 2. The highest BCUT2D eigenvalue weighted by Crippen LogP contribution is 2.22. The van der Waals surface area contributed by atoms with Gasteiger partial charge >= 0.3 is 0 Å². The van der Waals surface area contributed by atoms with E-state index >= 15 is 0 Å². The van der Waals surface area contributed by atoms with Crippen molar-refractivity contribution in [3.8, 4) is 12.3 Å². The quantitative estimate of drug-likeness (QED) is 0.715. The van der Waals surface area contributed by atoms with Gasteiger partial charge in [-0.1, -0.05) is 5.92 Å². The summed E-state index contributed by atoms with van der Waals surface area (Å²) < 4.78 is 0.731. The van der Waals surface area contributed by atoms with Gasteiger partial charge in [-0.15, -0.1) is 6.42 Å². The van der Waals surface area contributed by atoms with E-state index in [4.69, 9.17) is 6.42 Å². The number of aromatic nitrogens is 2. The maximum atomic E-state index is 11.0. The van der Waals surface area contributed by atoms with Crippen molar-refractivity contribution in [2.75, 3.05) is 22.5 Å². The molecule has 6 nitrogen and oxygen atoms in total. The molecule has 3 N–H and O–H groups in total. The van der Waals surface area contributed by atoms with Gasteiger partial charge in [-0.25, -0.2) is 4.98 Å². The predicted octanol–water partition coefficient (Wildman–Crippen LogP) is 2.99. The van der Waals surface area contributed by atoms with Gasteiger partial charge in [-0.3, -0.25) is 4.79 Å². The van der Waals surface area contributed by atoms with Gasteiger partial charge in [0, 0.05) is 24.5 Å². The van der Waals surface area contributed by atoms with Crippen LogP contribution < -0.4 is 16.0 Å². The number of carbonyl (C=O) groups excluding carboxylic acids is 1. The summed E-state index contributed by atoms with van der Waals surface area (Å²) in [4.78, 5) is 19.5. The van der Waals surface area contributed by atoms with Crippen LogP contribution in [-0.2, 0) is 4.79 Å². The van der Waals surface area contributed by atoms with E-state index in [2.05, 4.69) is 47.8 Å². The second-order valence-electron chi connectivity index (χ2n) is 4.33. The van der Waals surface area contributed by atoms with Crippen molar-refractivity contribution in [2.45, 2.75) is 6.92 Å². The molecule has 0 aliphatic carbocycles. The number of carbonyl (C=O) groups is 1. The maximum absolute atomic E-state index is 11.0. The second-order valence-corrected chi connectivity index (χ2v) is 5.19. The summed E-state index contributed by atoms with van der Waals surface area (Å²) >= 11 is 3.35. The molecule has 1 aromatic heterocycles. The average Bonchev–Trinajstić information content (AvgIpc) is 2.49. The van der Waals surface area contributed by atoms with Crippen molar-refractivity contribution in [3.05, 3.63) is 34.9 Å². The molecule has 1 aromatic carbocycles. The number of hydrogen-bond acceptors (Lipinski definition) is 5. The molecule has 2 aromatic rings. The second kappa shape index (κ2) is 7.43. The topological polar surface area (TPSA) is 78.9 Å². The van der Waals surface area contributed by atoms with Gasteiger partial charge in [0.05, 0.1) is 11.0 Å². The van der Waals surface area contributed by atoms with Crippen LogP contribution >= 0.6 is 15.9 Å². The third-order valence-electron chi connectivity index (χ3n) is 2.56. The van der Waals surface area contributed by atoms with Gasteiger partial charge in [-0.05, 0) is 40.2 Å².